The minimum absolute atomic E-state index is 0.0592. The van der Waals surface area contributed by atoms with Crippen molar-refractivity contribution in [3.8, 4) is 11.5 Å². The predicted molar refractivity (Wildman–Crippen MR) is 109 cm³/mol. The van der Waals surface area contributed by atoms with Crippen LogP contribution in [0.3, 0.4) is 0 Å². The summed E-state index contributed by atoms with van der Waals surface area (Å²) in [6, 6.07) is 18.3. The topological polar surface area (TPSA) is 50.8 Å². The van der Waals surface area contributed by atoms with Gasteiger partial charge in [0.05, 0.1) is 13.1 Å². The Labute approximate surface area is 166 Å². The molecule has 2 aromatic rings. The zero-order valence-electron chi connectivity index (χ0n) is 16.2. The van der Waals surface area contributed by atoms with Gasteiger partial charge in [0.2, 0.25) is 5.91 Å². The molecule has 2 aliphatic heterocycles. The van der Waals surface area contributed by atoms with Crippen LogP contribution in [0.4, 0.5) is 0 Å². The molecule has 0 aromatic heterocycles. The average Bonchev–Trinajstić information content (AvgIpc) is 2.74. The average molecular weight is 380 g/mol. The summed E-state index contributed by atoms with van der Waals surface area (Å²) < 4.78 is 11.6. The Morgan fingerprint density at radius 1 is 1.00 bits per heavy atom. The normalized spacial score (nSPS) is 19.9. The fourth-order valence-corrected chi connectivity index (χ4v) is 3.95. The van der Waals surface area contributed by atoms with E-state index < -0.39 is 0 Å². The number of nitrogens with one attached hydrogen (secondary N) is 1. The number of amides is 1. The van der Waals surface area contributed by atoms with Gasteiger partial charge < -0.3 is 14.8 Å². The van der Waals surface area contributed by atoms with Crippen molar-refractivity contribution in [3.63, 3.8) is 0 Å². The highest BCUT2D eigenvalue weighted by atomic mass is 16.6. The first kappa shape index (κ1) is 18.8. The number of ether oxygens (including phenoxy) is 2. The number of para-hydroxylation sites is 2. The molecular weight excluding hydrogens is 352 g/mol. The Kier molecular flexibility index (Phi) is 6.12. The second kappa shape index (κ2) is 9.11. The molecule has 1 N–H and O–H groups in total. The van der Waals surface area contributed by atoms with E-state index >= 15 is 0 Å². The molecule has 148 valence electrons. The van der Waals surface area contributed by atoms with Gasteiger partial charge in [-0.15, -0.1) is 0 Å². The van der Waals surface area contributed by atoms with Crippen LogP contribution < -0.4 is 14.8 Å². The van der Waals surface area contributed by atoms with Crippen molar-refractivity contribution in [3.05, 3.63) is 60.2 Å². The van der Waals surface area contributed by atoms with E-state index in [9.17, 15) is 4.79 Å². The van der Waals surface area contributed by atoms with Crippen LogP contribution in [0.5, 0.6) is 11.5 Å². The highest BCUT2D eigenvalue weighted by molar-refractivity contribution is 5.78. The molecule has 0 bridgehead atoms. The van der Waals surface area contributed by atoms with Gasteiger partial charge in [-0.3, -0.25) is 9.69 Å². The van der Waals surface area contributed by atoms with Crippen LogP contribution in [-0.4, -0.2) is 49.7 Å². The van der Waals surface area contributed by atoms with Crippen LogP contribution >= 0.6 is 0 Å². The maximum atomic E-state index is 12.3. The molecule has 2 aromatic carbocycles. The van der Waals surface area contributed by atoms with E-state index in [1.54, 1.807) is 0 Å². The largest absolute Gasteiger partial charge is 0.486 e. The maximum absolute atomic E-state index is 12.3. The number of benzene rings is 2. The van der Waals surface area contributed by atoms with Gasteiger partial charge in [-0.05, 0) is 56.0 Å². The Hall–Kier alpha value is -2.53. The number of piperidine rings is 1. The van der Waals surface area contributed by atoms with Gasteiger partial charge >= 0.3 is 0 Å². The summed E-state index contributed by atoms with van der Waals surface area (Å²) >= 11 is 0. The van der Waals surface area contributed by atoms with Crippen molar-refractivity contribution >= 4 is 5.91 Å². The number of likely N-dealkylation sites (tertiary alicyclic amines) is 1. The lowest BCUT2D eigenvalue weighted by Gasteiger charge is -2.32. The first-order valence-corrected chi connectivity index (χ1v) is 10.2. The van der Waals surface area contributed by atoms with Gasteiger partial charge in [0, 0.05) is 0 Å². The maximum Gasteiger partial charge on any atom is 0.234 e. The Balaban J connectivity index is 1.15. The van der Waals surface area contributed by atoms with Crippen molar-refractivity contribution in [1.82, 2.24) is 10.2 Å². The van der Waals surface area contributed by atoms with Crippen LogP contribution in [0.1, 0.15) is 18.4 Å². The summed E-state index contributed by atoms with van der Waals surface area (Å²) in [5.41, 5.74) is 1.41. The van der Waals surface area contributed by atoms with E-state index in [0.29, 0.717) is 19.7 Å². The van der Waals surface area contributed by atoms with E-state index in [2.05, 4.69) is 40.5 Å². The van der Waals surface area contributed by atoms with Gasteiger partial charge in [-0.25, -0.2) is 0 Å². The molecular formula is C23H28N2O3. The van der Waals surface area contributed by atoms with Crippen LogP contribution in [0.2, 0.25) is 0 Å². The molecule has 5 heteroatoms. The molecule has 0 spiro atoms. The lowest BCUT2D eigenvalue weighted by Crippen LogP contribution is -2.45. The Morgan fingerprint density at radius 3 is 2.50 bits per heavy atom. The summed E-state index contributed by atoms with van der Waals surface area (Å²) in [4.78, 5) is 14.6. The number of carbonyl (C=O) groups excluding carboxylic acids is 1. The second-order valence-electron chi connectivity index (χ2n) is 7.71. The van der Waals surface area contributed by atoms with E-state index in [-0.39, 0.29) is 12.0 Å². The molecule has 1 saturated heterocycles. The predicted octanol–water partition coefficient (Wildman–Crippen LogP) is 2.90. The summed E-state index contributed by atoms with van der Waals surface area (Å²) in [6.45, 7) is 3.37. The van der Waals surface area contributed by atoms with Crippen LogP contribution in [0, 0.1) is 5.92 Å². The minimum atomic E-state index is -0.143. The first-order chi connectivity index (χ1) is 13.8. The summed E-state index contributed by atoms with van der Waals surface area (Å²) in [5.74, 6) is 2.29. The molecule has 2 heterocycles. The summed E-state index contributed by atoms with van der Waals surface area (Å²) in [5, 5.41) is 3.00. The number of carbonyl (C=O) groups is 1. The SMILES string of the molecule is O=C(CN1CCC(Cc2ccccc2)CC1)NC[C@H]1COc2ccccc2O1. The molecule has 2 aliphatic rings. The summed E-state index contributed by atoms with van der Waals surface area (Å²) in [7, 11) is 0. The van der Waals surface area contributed by atoms with Crippen LogP contribution in [0.15, 0.2) is 54.6 Å². The minimum Gasteiger partial charge on any atom is -0.486 e. The van der Waals surface area contributed by atoms with Crippen molar-refractivity contribution in [1.29, 1.82) is 0 Å². The second-order valence-corrected chi connectivity index (χ2v) is 7.71. The van der Waals surface area contributed by atoms with E-state index in [1.807, 2.05) is 24.3 Å². The number of nitrogens with zero attached hydrogens (tertiary/aromatic N) is 1. The Morgan fingerprint density at radius 2 is 1.71 bits per heavy atom. The number of hydrogen-bond donors (Lipinski definition) is 1. The van der Waals surface area contributed by atoms with Gasteiger partial charge in [-0.2, -0.15) is 0 Å². The van der Waals surface area contributed by atoms with Crippen molar-refractivity contribution in [2.75, 3.05) is 32.8 Å². The molecule has 1 amide bonds. The van der Waals surface area contributed by atoms with Gasteiger partial charge in [0.25, 0.3) is 0 Å². The molecule has 0 saturated carbocycles. The summed E-state index contributed by atoms with van der Waals surface area (Å²) in [6.07, 6.45) is 3.30. The van der Waals surface area contributed by atoms with Crippen molar-refractivity contribution in [2.24, 2.45) is 5.92 Å². The zero-order chi connectivity index (χ0) is 19.2. The Bertz CT molecular complexity index is 772. The van der Waals surface area contributed by atoms with E-state index in [4.69, 9.17) is 9.47 Å². The third kappa shape index (κ3) is 5.04. The van der Waals surface area contributed by atoms with E-state index in [1.165, 1.54) is 5.56 Å². The van der Waals surface area contributed by atoms with E-state index in [0.717, 1.165) is 49.8 Å². The van der Waals surface area contributed by atoms with Crippen molar-refractivity contribution < 1.29 is 14.3 Å². The highest BCUT2D eigenvalue weighted by Crippen LogP contribution is 2.30. The lowest BCUT2D eigenvalue weighted by atomic mass is 9.90. The molecule has 5 nitrogen and oxygen atoms in total. The van der Waals surface area contributed by atoms with Crippen LogP contribution in [-0.2, 0) is 11.2 Å². The fourth-order valence-electron chi connectivity index (χ4n) is 3.95. The number of rotatable bonds is 6. The quantitative estimate of drug-likeness (QED) is 0.837. The standard InChI is InChI=1S/C23H28N2O3/c26-23(24-15-20-17-27-21-8-4-5-9-22(21)28-20)16-25-12-10-19(11-13-25)14-18-6-2-1-3-7-18/h1-9,19-20H,10-17H2,(H,24,26)/t20-/m0/s1. The highest BCUT2D eigenvalue weighted by Gasteiger charge is 2.23. The molecule has 0 aliphatic carbocycles. The third-order valence-corrected chi connectivity index (χ3v) is 5.54. The molecule has 1 atom stereocenters. The third-order valence-electron chi connectivity index (χ3n) is 5.54. The monoisotopic (exact) mass is 380 g/mol. The molecule has 1 fully saturated rings. The number of hydrogen-bond acceptors (Lipinski definition) is 4. The zero-order valence-corrected chi connectivity index (χ0v) is 16.2. The lowest BCUT2D eigenvalue weighted by molar-refractivity contribution is -0.123. The van der Waals surface area contributed by atoms with Crippen LogP contribution in [0.25, 0.3) is 0 Å². The molecule has 28 heavy (non-hydrogen) atoms. The fraction of sp³-hybridized carbons (Fsp3) is 0.435. The first-order valence-electron chi connectivity index (χ1n) is 10.2. The van der Waals surface area contributed by atoms with Gasteiger partial charge in [0.1, 0.15) is 12.7 Å². The van der Waals surface area contributed by atoms with Gasteiger partial charge in [-0.1, -0.05) is 42.5 Å². The molecule has 4 rings (SSSR count). The van der Waals surface area contributed by atoms with Crippen molar-refractivity contribution in [2.45, 2.75) is 25.4 Å². The molecule has 0 radical (unpaired) electrons. The number of fused-ring (bicyclic) bond motifs is 1. The smallest absolute Gasteiger partial charge is 0.234 e. The molecule has 0 unspecified atom stereocenters. The van der Waals surface area contributed by atoms with Gasteiger partial charge in [0.15, 0.2) is 11.5 Å².